The van der Waals surface area contributed by atoms with Gasteiger partial charge in [-0.1, -0.05) is 18.2 Å². The third-order valence-electron chi connectivity index (χ3n) is 3.36. The minimum atomic E-state index is -0.341. The van der Waals surface area contributed by atoms with E-state index in [1.165, 1.54) is 29.0 Å². The van der Waals surface area contributed by atoms with Crippen molar-refractivity contribution in [1.29, 1.82) is 0 Å². The largest absolute Gasteiger partial charge is 0.271 e. The second-order valence-electron chi connectivity index (χ2n) is 4.70. The molecule has 0 fully saturated rings. The van der Waals surface area contributed by atoms with Gasteiger partial charge in [0.25, 0.3) is 0 Å². The molecular formula is C15H18FN3. The Kier molecular flexibility index (Phi) is 4.24. The van der Waals surface area contributed by atoms with E-state index in [0.717, 1.165) is 12.1 Å². The van der Waals surface area contributed by atoms with Crippen LogP contribution in [0.25, 0.3) is 0 Å². The van der Waals surface area contributed by atoms with Crippen LogP contribution in [0.3, 0.4) is 0 Å². The second kappa shape index (κ2) is 5.91. The van der Waals surface area contributed by atoms with Crippen molar-refractivity contribution in [3.05, 3.63) is 64.7 Å². The fraction of sp³-hybridized carbons (Fsp3) is 0.267. The summed E-state index contributed by atoms with van der Waals surface area (Å²) in [6.07, 6.45) is 1.94. The first-order valence-electron chi connectivity index (χ1n) is 6.24. The molecule has 0 radical (unpaired) electrons. The van der Waals surface area contributed by atoms with Crippen LogP contribution in [0.15, 0.2) is 36.5 Å². The van der Waals surface area contributed by atoms with Crippen molar-refractivity contribution in [2.75, 3.05) is 0 Å². The number of rotatable bonds is 4. The molecule has 100 valence electrons. The number of nitrogens with two attached hydrogens (primary N) is 1. The Morgan fingerprint density at radius 2 is 1.89 bits per heavy atom. The molecule has 0 spiro atoms. The van der Waals surface area contributed by atoms with Gasteiger partial charge in [-0.2, -0.15) is 0 Å². The molecule has 0 amide bonds. The molecule has 1 atom stereocenters. The maximum absolute atomic E-state index is 12.9. The number of hydrogen-bond donors (Lipinski definition) is 2. The summed E-state index contributed by atoms with van der Waals surface area (Å²) in [5.74, 6) is 5.27. The lowest BCUT2D eigenvalue weighted by Crippen LogP contribution is -2.30. The summed E-state index contributed by atoms with van der Waals surface area (Å²) in [4.78, 5) is 4.09. The topological polar surface area (TPSA) is 50.9 Å². The number of halogens is 1. The monoisotopic (exact) mass is 259 g/mol. The van der Waals surface area contributed by atoms with Gasteiger partial charge in [-0.25, -0.2) is 4.39 Å². The third-order valence-corrected chi connectivity index (χ3v) is 3.36. The van der Waals surface area contributed by atoms with E-state index in [2.05, 4.69) is 36.4 Å². The molecule has 0 aliphatic rings. The van der Waals surface area contributed by atoms with E-state index in [1.54, 1.807) is 6.07 Å². The van der Waals surface area contributed by atoms with Gasteiger partial charge >= 0.3 is 0 Å². The summed E-state index contributed by atoms with van der Waals surface area (Å²) >= 11 is 0. The van der Waals surface area contributed by atoms with Gasteiger partial charge in [0.1, 0.15) is 5.82 Å². The number of hydrazine groups is 1. The summed E-state index contributed by atoms with van der Waals surface area (Å²) in [7, 11) is 0. The number of aromatic nitrogens is 1. The van der Waals surface area contributed by atoms with Crippen LogP contribution in [0.2, 0.25) is 0 Å². The molecule has 1 heterocycles. The van der Waals surface area contributed by atoms with E-state index in [4.69, 9.17) is 5.84 Å². The SMILES string of the molecule is Cc1cccc(C)c1CC(NN)c1ccc(F)cn1. The summed E-state index contributed by atoms with van der Waals surface area (Å²) in [5, 5.41) is 0. The van der Waals surface area contributed by atoms with Gasteiger partial charge in [-0.15, -0.1) is 0 Å². The van der Waals surface area contributed by atoms with Gasteiger partial charge in [-0.3, -0.25) is 16.3 Å². The number of aryl methyl sites for hydroxylation is 2. The second-order valence-corrected chi connectivity index (χ2v) is 4.70. The molecule has 0 aliphatic heterocycles. The fourth-order valence-corrected chi connectivity index (χ4v) is 2.22. The Hall–Kier alpha value is -1.78. The van der Waals surface area contributed by atoms with E-state index < -0.39 is 0 Å². The van der Waals surface area contributed by atoms with Gasteiger partial charge < -0.3 is 0 Å². The van der Waals surface area contributed by atoms with Crippen LogP contribution < -0.4 is 11.3 Å². The third kappa shape index (κ3) is 3.16. The molecule has 0 saturated heterocycles. The summed E-state index contributed by atoms with van der Waals surface area (Å²) in [6, 6.07) is 9.13. The van der Waals surface area contributed by atoms with Crippen LogP contribution in [0.4, 0.5) is 4.39 Å². The maximum atomic E-state index is 12.9. The Balaban J connectivity index is 2.26. The molecule has 4 heteroatoms. The van der Waals surface area contributed by atoms with Crippen LogP contribution >= 0.6 is 0 Å². The van der Waals surface area contributed by atoms with Crippen LogP contribution in [-0.4, -0.2) is 4.98 Å². The Morgan fingerprint density at radius 3 is 2.42 bits per heavy atom. The van der Waals surface area contributed by atoms with E-state index in [1.807, 2.05) is 6.07 Å². The molecule has 1 aromatic heterocycles. The molecule has 1 unspecified atom stereocenters. The fourth-order valence-electron chi connectivity index (χ4n) is 2.22. The Bertz CT molecular complexity index is 532. The predicted octanol–water partition coefficient (Wildman–Crippen LogP) is 2.58. The first-order chi connectivity index (χ1) is 9.11. The van der Waals surface area contributed by atoms with Crippen molar-refractivity contribution in [2.45, 2.75) is 26.3 Å². The highest BCUT2D eigenvalue weighted by atomic mass is 19.1. The van der Waals surface area contributed by atoms with E-state index >= 15 is 0 Å². The minimum absolute atomic E-state index is 0.125. The highest BCUT2D eigenvalue weighted by Crippen LogP contribution is 2.21. The van der Waals surface area contributed by atoms with Crippen LogP contribution in [0, 0.1) is 19.7 Å². The van der Waals surface area contributed by atoms with Crippen LogP contribution in [-0.2, 0) is 6.42 Å². The van der Waals surface area contributed by atoms with Gasteiger partial charge in [0.15, 0.2) is 0 Å². The Morgan fingerprint density at radius 1 is 1.21 bits per heavy atom. The standard InChI is InChI=1S/C15H18FN3/c1-10-4-3-5-11(2)13(10)8-15(19-17)14-7-6-12(16)9-18-14/h3-7,9,15,19H,8,17H2,1-2H3. The van der Waals surface area contributed by atoms with Gasteiger partial charge in [0.2, 0.25) is 0 Å². The molecule has 0 aliphatic carbocycles. The molecule has 2 rings (SSSR count). The van der Waals surface area contributed by atoms with Gasteiger partial charge in [-0.05, 0) is 49.1 Å². The molecular weight excluding hydrogens is 241 g/mol. The Labute approximate surface area is 112 Å². The molecule has 2 aromatic rings. The van der Waals surface area contributed by atoms with Gasteiger partial charge in [0, 0.05) is 0 Å². The maximum Gasteiger partial charge on any atom is 0.141 e. The van der Waals surface area contributed by atoms with Crippen LogP contribution in [0.5, 0.6) is 0 Å². The number of hydrogen-bond acceptors (Lipinski definition) is 3. The van der Waals surface area contributed by atoms with Crippen molar-refractivity contribution in [1.82, 2.24) is 10.4 Å². The predicted molar refractivity (Wildman–Crippen MR) is 73.9 cm³/mol. The van der Waals surface area contributed by atoms with Crippen LogP contribution in [0.1, 0.15) is 28.4 Å². The van der Waals surface area contributed by atoms with Gasteiger partial charge in [0.05, 0.1) is 17.9 Å². The number of benzene rings is 1. The average molecular weight is 259 g/mol. The number of pyridine rings is 1. The normalized spacial score (nSPS) is 12.4. The highest BCUT2D eigenvalue weighted by molar-refractivity contribution is 5.34. The quantitative estimate of drug-likeness (QED) is 0.655. The van der Waals surface area contributed by atoms with Crippen molar-refractivity contribution < 1.29 is 4.39 Å². The van der Waals surface area contributed by atoms with Crippen molar-refractivity contribution in [2.24, 2.45) is 5.84 Å². The zero-order valence-corrected chi connectivity index (χ0v) is 11.2. The smallest absolute Gasteiger partial charge is 0.141 e. The van der Waals surface area contributed by atoms with E-state index in [9.17, 15) is 4.39 Å². The lowest BCUT2D eigenvalue weighted by atomic mass is 9.95. The highest BCUT2D eigenvalue weighted by Gasteiger charge is 2.14. The lowest BCUT2D eigenvalue weighted by Gasteiger charge is -2.18. The molecule has 3 N–H and O–H groups in total. The molecule has 3 nitrogen and oxygen atoms in total. The summed E-state index contributed by atoms with van der Waals surface area (Å²) < 4.78 is 12.9. The molecule has 0 bridgehead atoms. The van der Waals surface area contributed by atoms with Crippen molar-refractivity contribution >= 4 is 0 Å². The summed E-state index contributed by atoms with van der Waals surface area (Å²) in [5.41, 5.74) is 7.19. The van der Waals surface area contributed by atoms with E-state index in [-0.39, 0.29) is 11.9 Å². The zero-order chi connectivity index (χ0) is 13.8. The molecule has 19 heavy (non-hydrogen) atoms. The number of nitrogens with one attached hydrogen (secondary N) is 1. The summed E-state index contributed by atoms with van der Waals surface area (Å²) in [6.45, 7) is 4.15. The first kappa shape index (κ1) is 13.6. The zero-order valence-electron chi connectivity index (χ0n) is 11.2. The lowest BCUT2D eigenvalue weighted by molar-refractivity contribution is 0.531. The molecule has 0 saturated carbocycles. The first-order valence-corrected chi connectivity index (χ1v) is 6.24. The minimum Gasteiger partial charge on any atom is -0.271 e. The number of nitrogens with zero attached hydrogens (tertiary/aromatic N) is 1. The van der Waals surface area contributed by atoms with E-state index in [0.29, 0.717) is 0 Å². The molecule has 1 aromatic carbocycles. The van der Waals surface area contributed by atoms with Crippen molar-refractivity contribution in [3.8, 4) is 0 Å². The van der Waals surface area contributed by atoms with Crippen molar-refractivity contribution in [3.63, 3.8) is 0 Å². The average Bonchev–Trinajstić information content (AvgIpc) is 2.40.